The lowest BCUT2D eigenvalue weighted by atomic mass is 10.3. The van der Waals surface area contributed by atoms with E-state index in [-0.39, 0.29) is 16.3 Å². The molecule has 0 saturated carbocycles. The molecular weight excluding hydrogens is 311 g/mol. The fourth-order valence-electron chi connectivity index (χ4n) is 1.70. The number of sulfonamides is 1. The standard InChI is InChI=1S/C14H15FN2O4S/c1-3-21-14-7-4-10(9-16-14)17-22(18,19)11-5-6-12(15)13(8-11)20-2/h4-9,17H,3H2,1-2H3. The highest BCUT2D eigenvalue weighted by molar-refractivity contribution is 7.92. The largest absolute Gasteiger partial charge is 0.494 e. The molecule has 0 spiro atoms. The molecule has 1 heterocycles. The number of anilines is 1. The minimum atomic E-state index is -3.87. The molecule has 0 aliphatic heterocycles. The quantitative estimate of drug-likeness (QED) is 0.882. The van der Waals surface area contributed by atoms with Crippen LogP contribution in [0, 0.1) is 5.82 Å². The molecule has 8 heteroatoms. The lowest BCUT2D eigenvalue weighted by Gasteiger charge is -2.10. The minimum absolute atomic E-state index is 0.111. The molecule has 0 amide bonds. The van der Waals surface area contributed by atoms with Crippen LogP contribution in [0.2, 0.25) is 0 Å². The fraction of sp³-hybridized carbons (Fsp3) is 0.214. The molecule has 0 bridgehead atoms. The SMILES string of the molecule is CCOc1ccc(NS(=O)(=O)c2ccc(F)c(OC)c2)cn1. The predicted molar refractivity (Wildman–Crippen MR) is 79.2 cm³/mol. The van der Waals surface area contributed by atoms with E-state index in [9.17, 15) is 12.8 Å². The summed E-state index contributed by atoms with van der Waals surface area (Å²) in [5.41, 5.74) is 0.270. The number of ether oxygens (including phenoxy) is 2. The van der Waals surface area contributed by atoms with Gasteiger partial charge in [-0.05, 0) is 25.1 Å². The number of methoxy groups -OCH3 is 1. The molecule has 1 aromatic carbocycles. The second kappa shape index (κ2) is 6.61. The average Bonchev–Trinajstić information content (AvgIpc) is 2.49. The Bertz CT molecular complexity index is 748. The van der Waals surface area contributed by atoms with Gasteiger partial charge in [-0.1, -0.05) is 0 Å². The van der Waals surface area contributed by atoms with Gasteiger partial charge in [0.05, 0.1) is 30.5 Å². The van der Waals surface area contributed by atoms with Crippen LogP contribution in [0.5, 0.6) is 11.6 Å². The zero-order chi connectivity index (χ0) is 16.2. The minimum Gasteiger partial charge on any atom is -0.494 e. The molecule has 118 valence electrons. The van der Waals surface area contributed by atoms with Crippen molar-refractivity contribution < 1.29 is 22.3 Å². The average molecular weight is 326 g/mol. The van der Waals surface area contributed by atoms with E-state index < -0.39 is 15.8 Å². The second-order valence-corrected chi connectivity index (χ2v) is 5.90. The van der Waals surface area contributed by atoms with Crippen LogP contribution >= 0.6 is 0 Å². The number of hydrogen-bond donors (Lipinski definition) is 1. The maximum absolute atomic E-state index is 13.3. The van der Waals surface area contributed by atoms with E-state index in [1.54, 1.807) is 6.07 Å². The van der Waals surface area contributed by atoms with Crippen LogP contribution in [-0.2, 0) is 10.0 Å². The van der Waals surface area contributed by atoms with E-state index in [1.165, 1.54) is 19.4 Å². The second-order valence-electron chi connectivity index (χ2n) is 4.22. The normalized spacial score (nSPS) is 11.0. The van der Waals surface area contributed by atoms with Crippen molar-refractivity contribution in [2.45, 2.75) is 11.8 Å². The number of pyridine rings is 1. The Labute approximate surface area is 128 Å². The van der Waals surface area contributed by atoms with Crippen LogP contribution in [0.1, 0.15) is 6.92 Å². The summed E-state index contributed by atoms with van der Waals surface area (Å²) < 4.78 is 50.1. The van der Waals surface area contributed by atoms with Crippen LogP contribution in [0.4, 0.5) is 10.1 Å². The summed E-state index contributed by atoms with van der Waals surface area (Å²) >= 11 is 0. The third kappa shape index (κ3) is 3.64. The number of benzene rings is 1. The van der Waals surface area contributed by atoms with Gasteiger partial charge in [-0.2, -0.15) is 0 Å². The van der Waals surface area contributed by atoms with Crippen molar-refractivity contribution in [3.8, 4) is 11.6 Å². The molecule has 1 aromatic heterocycles. The number of nitrogens with one attached hydrogen (secondary N) is 1. The molecule has 0 saturated heterocycles. The van der Waals surface area contributed by atoms with Crippen molar-refractivity contribution in [2.24, 2.45) is 0 Å². The Morgan fingerprint density at radius 1 is 1.27 bits per heavy atom. The molecule has 2 aromatic rings. The molecule has 0 unspecified atom stereocenters. The number of nitrogens with zero attached hydrogens (tertiary/aromatic N) is 1. The smallest absolute Gasteiger partial charge is 0.262 e. The Balaban J connectivity index is 2.23. The van der Waals surface area contributed by atoms with Gasteiger partial charge in [-0.25, -0.2) is 17.8 Å². The summed E-state index contributed by atoms with van der Waals surface area (Å²) in [7, 11) is -2.60. The van der Waals surface area contributed by atoms with Crippen LogP contribution in [0.3, 0.4) is 0 Å². The number of rotatable bonds is 6. The summed E-state index contributed by atoms with van der Waals surface area (Å²) in [6.45, 7) is 2.29. The van der Waals surface area contributed by atoms with E-state index in [0.29, 0.717) is 12.5 Å². The Hall–Kier alpha value is -2.35. The van der Waals surface area contributed by atoms with E-state index >= 15 is 0 Å². The molecule has 0 atom stereocenters. The summed E-state index contributed by atoms with van der Waals surface area (Å²) in [6, 6.07) is 6.37. The van der Waals surface area contributed by atoms with E-state index in [0.717, 1.165) is 18.2 Å². The number of halogens is 1. The van der Waals surface area contributed by atoms with Gasteiger partial charge in [0, 0.05) is 12.1 Å². The Kier molecular flexibility index (Phi) is 4.81. The van der Waals surface area contributed by atoms with E-state index in [2.05, 4.69) is 9.71 Å². The zero-order valence-electron chi connectivity index (χ0n) is 12.0. The highest BCUT2D eigenvalue weighted by atomic mass is 32.2. The first-order valence-corrected chi connectivity index (χ1v) is 7.90. The Morgan fingerprint density at radius 3 is 2.64 bits per heavy atom. The maximum Gasteiger partial charge on any atom is 0.262 e. The lowest BCUT2D eigenvalue weighted by Crippen LogP contribution is -2.13. The maximum atomic E-state index is 13.3. The van der Waals surface area contributed by atoms with Crippen molar-refractivity contribution in [3.05, 3.63) is 42.3 Å². The molecule has 0 aliphatic rings. The zero-order valence-corrected chi connectivity index (χ0v) is 12.9. The van der Waals surface area contributed by atoms with Gasteiger partial charge in [-0.3, -0.25) is 4.72 Å². The fourth-order valence-corrected chi connectivity index (χ4v) is 2.75. The van der Waals surface area contributed by atoms with Gasteiger partial charge in [0.1, 0.15) is 0 Å². The van der Waals surface area contributed by atoms with Gasteiger partial charge in [0.2, 0.25) is 5.88 Å². The van der Waals surface area contributed by atoms with Crippen LogP contribution in [-0.4, -0.2) is 27.1 Å². The topological polar surface area (TPSA) is 77.5 Å². The van der Waals surface area contributed by atoms with Crippen molar-refractivity contribution in [1.82, 2.24) is 4.98 Å². The first-order chi connectivity index (χ1) is 10.5. The van der Waals surface area contributed by atoms with E-state index in [4.69, 9.17) is 9.47 Å². The summed E-state index contributed by atoms with van der Waals surface area (Å²) in [5, 5.41) is 0. The lowest BCUT2D eigenvalue weighted by molar-refractivity contribution is 0.327. The monoisotopic (exact) mass is 326 g/mol. The molecule has 1 N–H and O–H groups in total. The third-order valence-corrected chi connectivity index (χ3v) is 4.09. The molecule has 0 radical (unpaired) electrons. The van der Waals surface area contributed by atoms with Crippen molar-refractivity contribution in [3.63, 3.8) is 0 Å². The highest BCUT2D eigenvalue weighted by Gasteiger charge is 2.17. The van der Waals surface area contributed by atoms with Gasteiger partial charge < -0.3 is 9.47 Å². The third-order valence-electron chi connectivity index (χ3n) is 2.71. The molecule has 6 nitrogen and oxygen atoms in total. The number of aromatic nitrogens is 1. The molecule has 0 fully saturated rings. The van der Waals surface area contributed by atoms with Gasteiger partial charge >= 0.3 is 0 Å². The van der Waals surface area contributed by atoms with Crippen molar-refractivity contribution >= 4 is 15.7 Å². The van der Waals surface area contributed by atoms with E-state index in [1.807, 2.05) is 6.92 Å². The molecule has 2 rings (SSSR count). The summed E-state index contributed by atoms with van der Waals surface area (Å²) in [6.07, 6.45) is 1.34. The van der Waals surface area contributed by atoms with Crippen LogP contribution in [0.25, 0.3) is 0 Å². The van der Waals surface area contributed by atoms with Gasteiger partial charge in [-0.15, -0.1) is 0 Å². The predicted octanol–water partition coefficient (Wildman–Crippen LogP) is 2.43. The first-order valence-electron chi connectivity index (χ1n) is 6.41. The van der Waals surface area contributed by atoms with Crippen molar-refractivity contribution in [1.29, 1.82) is 0 Å². The number of hydrogen-bond acceptors (Lipinski definition) is 5. The van der Waals surface area contributed by atoms with Crippen molar-refractivity contribution in [2.75, 3.05) is 18.4 Å². The summed E-state index contributed by atoms with van der Waals surface area (Å²) in [4.78, 5) is 3.85. The first kappa shape index (κ1) is 16.0. The molecular formula is C14H15FN2O4S. The van der Waals surface area contributed by atoms with Crippen LogP contribution in [0.15, 0.2) is 41.4 Å². The molecule has 22 heavy (non-hydrogen) atoms. The summed E-state index contributed by atoms with van der Waals surface area (Å²) in [5.74, 6) is -0.384. The highest BCUT2D eigenvalue weighted by Crippen LogP contribution is 2.23. The van der Waals surface area contributed by atoms with Gasteiger partial charge in [0.15, 0.2) is 11.6 Å². The Morgan fingerprint density at radius 2 is 2.05 bits per heavy atom. The van der Waals surface area contributed by atoms with Gasteiger partial charge in [0.25, 0.3) is 10.0 Å². The molecule has 0 aliphatic carbocycles. The van der Waals surface area contributed by atoms with Crippen LogP contribution < -0.4 is 14.2 Å².